The van der Waals surface area contributed by atoms with Gasteiger partial charge in [0.25, 0.3) is 5.91 Å². The van der Waals surface area contributed by atoms with Crippen molar-refractivity contribution in [1.82, 2.24) is 20.2 Å². The summed E-state index contributed by atoms with van der Waals surface area (Å²) in [7, 11) is 0. The van der Waals surface area contributed by atoms with Crippen LogP contribution in [0.15, 0.2) is 36.5 Å². The van der Waals surface area contributed by atoms with Gasteiger partial charge in [-0.05, 0) is 44.5 Å². The highest BCUT2D eigenvalue weighted by molar-refractivity contribution is 6.04. The Morgan fingerprint density at radius 2 is 1.90 bits per heavy atom. The van der Waals surface area contributed by atoms with Gasteiger partial charge in [-0.15, -0.1) is 0 Å². The van der Waals surface area contributed by atoms with Crippen molar-refractivity contribution < 1.29 is 14.7 Å². The molecular formula is C21H19N5O3. The molecule has 1 aromatic carbocycles. The van der Waals surface area contributed by atoms with Crippen LogP contribution >= 0.6 is 0 Å². The number of amides is 1. The monoisotopic (exact) mass is 389 g/mol. The number of carboxylic acids is 1. The fourth-order valence-electron chi connectivity index (χ4n) is 3.29. The van der Waals surface area contributed by atoms with Gasteiger partial charge in [0.05, 0.1) is 23.1 Å². The second-order valence-corrected chi connectivity index (χ2v) is 6.89. The summed E-state index contributed by atoms with van der Waals surface area (Å²) < 4.78 is 0. The molecule has 4 N–H and O–H groups in total. The molecule has 146 valence electrons. The minimum absolute atomic E-state index is 0.257. The third kappa shape index (κ3) is 3.25. The normalized spacial score (nSPS) is 11.0. The molecule has 0 bridgehead atoms. The van der Waals surface area contributed by atoms with Gasteiger partial charge in [0.15, 0.2) is 0 Å². The maximum Gasteiger partial charge on any atom is 0.335 e. The zero-order valence-corrected chi connectivity index (χ0v) is 16.1. The number of carboxylic acid groups (broad SMARTS) is 1. The average molecular weight is 389 g/mol. The number of aromatic nitrogens is 4. The van der Waals surface area contributed by atoms with E-state index in [1.165, 1.54) is 0 Å². The third-order valence-electron chi connectivity index (χ3n) is 5.06. The van der Waals surface area contributed by atoms with Gasteiger partial charge in [-0.2, -0.15) is 5.10 Å². The zero-order valence-electron chi connectivity index (χ0n) is 16.1. The fraction of sp³-hybridized carbons (Fsp3) is 0.143. The van der Waals surface area contributed by atoms with E-state index in [1.54, 1.807) is 25.3 Å². The smallest absolute Gasteiger partial charge is 0.335 e. The van der Waals surface area contributed by atoms with Crippen LogP contribution in [0.1, 0.15) is 37.7 Å². The van der Waals surface area contributed by atoms with Crippen molar-refractivity contribution >= 4 is 28.6 Å². The first-order valence-corrected chi connectivity index (χ1v) is 9.00. The summed E-state index contributed by atoms with van der Waals surface area (Å²) in [6, 6.07) is 8.85. The lowest BCUT2D eigenvalue weighted by Gasteiger charge is -2.06. The summed E-state index contributed by atoms with van der Waals surface area (Å²) in [5.41, 5.74) is 5.67. The number of aromatic amines is 2. The summed E-state index contributed by atoms with van der Waals surface area (Å²) in [4.78, 5) is 31.5. The summed E-state index contributed by atoms with van der Waals surface area (Å²) in [6.45, 7) is 5.44. The number of hydrogen-bond donors (Lipinski definition) is 4. The van der Waals surface area contributed by atoms with Crippen LogP contribution < -0.4 is 5.32 Å². The number of aromatic carboxylic acids is 1. The van der Waals surface area contributed by atoms with Crippen LogP contribution in [-0.4, -0.2) is 37.1 Å². The Bertz CT molecular complexity index is 1270. The molecule has 4 aromatic rings. The molecule has 0 saturated heterocycles. The molecule has 4 rings (SSSR count). The number of pyridine rings is 1. The van der Waals surface area contributed by atoms with Crippen molar-refractivity contribution in [2.45, 2.75) is 20.8 Å². The number of anilines is 1. The Morgan fingerprint density at radius 1 is 1.10 bits per heavy atom. The molecule has 29 heavy (non-hydrogen) atoms. The Hall–Kier alpha value is -3.94. The number of aryl methyl sites for hydroxylation is 1. The van der Waals surface area contributed by atoms with E-state index < -0.39 is 5.97 Å². The Labute approximate surface area is 166 Å². The van der Waals surface area contributed by atoms with Crippen molar-refractivity contribution in [3.8, 4) is 11.3 Å². The first-order valence-electron chi connectivity index (χ1n) is 9.00. The van der Waals surface area contributed by atoms with E-state index in [0.29, 0.717) is 22.6 Å². The maximum atomic E-state index is 12.5. The fourth-order valence-corrected chi connectivity index (χ4v) is 3.29. The molecule has 0 spiro atoms. The van der Waals surface area contributed by atoms with Crippen molar-refractivity contribution in [3.63, 3.8) is 0 Å². The quantitative estimate of drug-likeness (QED) is 0.422. The lowest BCUT2D eigenvalue weighted by atomic mass is 10.00. The Morgan fingerprint density at radius 3 is 2.59 bits per heavy atom. The highest BCUT2D eigenvalue weighted by Crippen LogP contribution is 2.29. The van der Waals surface area contributed by atoms with E-state index in [1.807, 2.05) is 32.0 Å². The van der Waals surface area contributed by atoms with Crippen LogP contribution in [0.2, 0.25) is 0 Å². The second kappa shape index (κ2) is 6.90. The van der Waals surface area contributed by atoms with Crippen LogP contribution in [-0.2, 0) is 0 Å². The first kappa shape index (κ1) is 18.4. The van der Waals surface area contributed by atoms with Gasteiger partial charge >= 0.3 is 5.97 Å². The summed E-state index contributed by atoms with van der Waals surface area (Å²) >= 11 is 0. The number of carbonyl (C=O) groups excluding carboxylic acids is 1. The molecule has 8 heteroatoms. The van der Waals surface area contributed by atoms with Gasteiger partial charge in [-0.25, -0.2) is 9.78 Å². The van der Waals surface area contributed by atoms with E-state index in [9.17, 15) is 14.7 Å². The Balaban J connectivity index is 1.67. The minimum Gasteiger partial charge on any atom is -0.478 e. The summed E-state index contributed by atoms with van der Waals surface area (Å²) in [6.07, 6.45) is 1.57. The zero-order chi connectivity index (χ0) is 20.7. The Kier molecular flexibility index (Phi) is 4.38. The van der Waals surface area contributed by atoms with Gasteiger partial charge < -0.3 is 15.4 Å². The van der Waals surface area contributed by atoms with E-state index >= 15 is 0 Å². The lowest BCUT2D eigenvalue weighted by molar-refractivity contribution is 0.0696. The topological polar surface area (TPSA) is 124 Å². The largest absolute Gasteiger partial charge is 0.478 e. The molecule has 0 unspecified atom stereocenters. The van der Waals surface area contributed by atoms with Crippen LogP contribution in [0.25, 0.3) is 22.3 Å². The molecule has 0 atom stereocenters. The predicted molar refractivity (Wildman–Crippen MR) is 109 cm³/mol. The predicted octanol–water partition coefficient (Wildman–Crippen LogP) is 3.83. The number of hydrogen-bond acceptors (Lipinski definition) is 4. The number of rotatable bonds is 4. The van der Waals surface area contributed by atoms with Gasteiger partial charge in [0.1, 0.15) is 11.3 Å². The molecule has 8 nitrogen and oxygen atoms in total. The number of fused-ring (bicyclic) bond motifs is 1. The molecule has 0 aliphatic heterocycles. The number of H-pyrrole nitrogens is 2. The van der Waals surface area contributed by atoms with Crippen molar-refractivity contribution in [1.29, 1.82) is 0 Å². The SMILES string of the molecule is Cc1n[nH]c(C(=O)Nc2cnc3[nH]c(-c4cccc(C(=O)O)c4C)cc3c2)c1C. The van der Waals surface area contributed by atoms with E-state index in [4.69, 9.17) is 0 Å². The number of nitrogens with zero attached hydrogens (tertiary/aromatic N) is 2. The molecule has 0 fully saturated rings. The van der Waals surface area contributed by atoms with Crippen molar-refractivity contribution in [2.24, 2.45) is 0 Å². The molecule has 0 aliphatic rings. The lowest BCUT2D eigenvalue weighted by Crippen LogP contribution is -2.13. The molecule has 1 amide bonds. The highest BCUT2D eigenvalue weighted by Gasteiger charge is 2.16. The van der Waals surface area contributed by atoms with Gasteiger partial charge in [0.2, 0.25) is 0 Å². The van der Waals surface area contributed by atoms with Crippen LogP contribution in [0.4, 0.5) is 5.69 Å². The van der Waals surface area contributed by atoms with Crippen LogP contribution in [0, 0.1) is 20.8 Å². The molecule has 3 heterocycles. The van der Waals surface area contributed by atoms with Crippen LogP contribution in [0.3, 0.4) is 0 Å². The van der Waals surface area contributed by atoms with E-state index in [2.05, 4.69) is 25.5 Å². The number of nitrogens with one attached hydrogen (secondary N) is 3. The molecule has 3 aromatic heterocycles. The third-order valence-corrected chi connectivity index (χ3v) is 5.06. The molecular weight excluding hydrogens is 370 g/mol. The van der Waals surface area contributed by atoms with Gasteiger partial charge in [0, 0.05) is 22.2 Å². The molecule has 0 radical (unpaired) electrons. The highest BCUT2D eigenvalue weighted by atomic mass is 16.4. The number of carbonyl (C=O) groups is 2. The van der Waals surface area contributed by atoms with Crippen LogP contribution in [0.5, 0.6) is 0 Å². The van der Waals surface area contributed by atoms with Gasteiger partial charge in [-0.3, -0.25) is 9.89 Å². The first-order chi connectivity index (χ1) is 13.8. The average Bonchev–Trinajstić information content (AvgIpc) is 3.25. The minimum atomic E-state index is -0.965. The molecule has 0 saturated carbocycles. The van der Waals surface area contributed by atoms with Crippen molar-refractivity contribution in [2.75, 3.05) is 5.32 Å². The maximum absolute atomic E-state index is 12.5. The van der Waals surface area contributed by atoms with Gasteiger partial charge in [-0.1, -0.05) is 12.1 Å². The molecule has 0 aliphatic carbocycles. The number of benzene rings is 1. The van der Waals surface area contributed by atoms with E-state index in [0.717, 1.165) is 27.9 Å². The van der Waals surface area contributed by atoms with Crippen molar-refractivity contribution in [3.05, 3.63) is 64.6 Å². The summed E-state index contributed by atoms with van der Waals surface area (Å²) in [5, 5.41) is 19.8. The summed E-state index contributed by atoms with van der Waals surface area (Å²) in [5.74, 6) is -1.25. The second-order valence-electron chi connectivity index (χ2n) is 6.89. The van der Waals surface area contributed by atoms with E-state index in [-0.39, 0.29) is 11.5 Å². The standard InChI is InChI=1S/C21H19N5O3/c1-10-12(3)25-26-18(10)20(27)23-14-7-13-8-17(24-19(13)22-9-14)15-5-4-6-16(11(15)2)21(28)29/h4-9H,1-3H3,(H,22,24)(H,23,27)(H,25,26)(H,28,29).